The number of rotatable bonds is 2. The van der Waals surface area contributed by atoms with Crippen molar-refractivity contribution in [3.63, 3.8) is 0 Å². The van der Waals surface area contributed by atoms with Crippen LogP contribution in [0.4, 0.5) is 0 Å². The summed E-state index contributed by atoms with van der Waals surface area (Å²) in [6.07, 6.45) is 5.78. The molecule has 0 aliphatic heterocycles. The molecule has 0 aromatic carbocycles. The van der Waals surface area contributed by atoms with Crippen molar-refractivity contribution in [2.24, 2.45) is 0 Å². The van der Waals surface area contributed by atoms with E-state index in [2.05, 4.69) is 5.92 Å². The van der Waals surface area contributed by atoms with Crippen molar-refractivity contribution in [2.45, 2.75) is 32.8 Å². The fourth-order valence-electron chi connectivity index (χ4n) is 0.521. The van der Waals surface area contributed by atoms with Crippen molar-refractivity contribution in [2.75, 3.05) is 0 Å². The molecule has 0 saturated carbocycles. The Labute approximate surface area is 61.6 Å². The van der Waals surface area contributed by atoms with Gasteiger partial charge in [-0.3, -0.25) is 4.79 Å². The van der Waals surface area contributed by atoms with Crippen molar-refractivity contribution >= 4 is 5.97 Å². The molecule has 1 atom stereocenters. The maximum absolute atomic E-state index is 10.5. The predicted octanol–water partition coefficient (Wildman–Crippen LogP) is 1.35. The van der Waals surface area contributed by atoms with Crippen LogP contribution in [0.15, 0.2) is 0 Å². The minimum Gasteiger partial charge on any atom is -0.446 e. The third kappa shape index (κ3) is 2.54. The Balaban J connectivity index is 4.10. The van der Waals surface area contributed by atoms with Gasteiger partial charge >= 0.3 is 5.97 Å². The number of carbonyl (C=O) groups excluding carboxylic acids is 1. The predicted molar refractivity (Wildman–Crippen MR) is 39.3 cm³/mol. The molecule has 2 heteroatoms. The number of esters is 1. The minimum atomic E-state index is -0.716. The SMILES string of the molecule is C#C[C@@](C)(CC)OC(C)=O. The Kier molecular flexibility index (Phi) is 2.95. The van der Waals surface area contributed by atoms with Crippen LogP contribution in [0.2, 0.25) is 0 Å². The Bertz CT molecular complexity index is 167. The molecule has 0 unspecified atom stereocenters. The van der Waals surface area contributed by atoms with E-state index in [1.165, 1.54) is 6.92 Å². The van der Waals surface area contributed by atoms with Crippen molar-refractivity contribution in [3.05, 3.63) is 0 Å². The number of hydrogen-bond donors (Lipinski definition) is 0. The number of ether oxygens (including phenoxy) is 1. The largest absolute Gasteiger partial charge is 0.446 e. The van der Waals surface area contributed by atoms with E-state index in [9.17, 15) is 4.79 Å². The third-order valence-electron chi connectivity index (χ3n) is 1.35. The monoisotopic (exact) mass is 140 g/mol. The molecule has 56 valence electrons. The summed E-state index contributed by atoms with van der Waals surface area (Å²) >= 11 is 0. The molecule has 0 N–H and O–H groups in total. The first-order valence-corrected chi connectivity index (χ1v) is 3.21. The van der Waals surface area contributed by atoms with Gasteiger partial charge < -0.3 is 4.74 Å². The summed E-state index contributed by atoms with van der Waals surface area (Å²) in [7, 11) is 0. The van der Waals surface area contributed by atoms with Crippen LogP contribution in [0.25, 0.3) is 0 Å². The lowest BCUT2D eigenvalue weighted by molar-refractivity contribution is -0.150. The lowest BCUT2D eigenvalue weighted by Crippen LogP contribution is -2.27. The van der Waals surface area contributed by atoms with Crippen LogP contribution < -0.4 is 0 Å². The summed E-state index contributed by atoms with van der Waals surface area (Å²) in [5.74, 6) is 2.09. The van der Waals surface area contributed by atoms with E-state index < -0.39 is 5.60 Å². The quantitative estimate of drug-likeness (QED) is 0.427. The van der Waals surface area contributed by atoms with Crippen LogP contribution in [0.3, 0.4) is 0 Å². The first-order chi connectivity index (χ1) is 4.54. The second-order valence-electron chi connectivity index (χ2n) is 2.32. The average molecular weight is 140 g/mol. The highest BCUT2D eigenvalue weighted by Crippen LogP contribution is 2.12. The Morgan fingerprint density at radius 3 is 2.40 bits per heavy atom. The maximum atomic E-state index is 10.5. The zero-order chi connectivity index (χ0) is 8.20. The highest BCUT2D eigenvalue weighted by atomic mass is 16.6. The highest BCUT2D eigenvalue weighted by Gasteiger charge is 2.21. The Morgan fingerprint density at radius 2 is 2.30 bits per heavy atom. The highest BCUT2D eigenvalue weighted by molar-refractivity contribution is 5.67. The lowest BCUT2D eigenvalue weighted by Gasteiger charge is -2.20. The minimum absolute atomic E-state index is 0.331. The molecule has 0 amide bonds. The molecule has 0 heterocycles. The zero-order valence-electron chi connectivity index (χ0n) is 6.60. The molecular formula is C8H12O2. The summed E-state index contributed by atoms with van der Waals surface area (Å²) < 4.78 is 4.86. The third-order valence-corrected chi connectivity index (χ3v) is 1.35. The number of hydrogen-bond acceptors (Lipinski definition) is 2. The molecule has 10 heavy (non-hydrogen) atoms. The van der Waals surface area contributed by atoms with Gasteiger partial charge in [0.2, 0.25) is 0 Å². The summed E-state index contributed by atoms with van der Waals surface area (Å²) in [5.41, 5.74) is -0.716. The van der Waals surface area contributed by atoms with Crippen LogP contribution in [-0.4, -0.2) is 11.6 Å². The molecule has 0 aromatic rings. The van der Waals surface area contributed by atoms with Crippen molar-refractivity contribution in [1.29, 1.82) is 0 Å². The van der Waals surface area contributed by atoms with E-state index in [1.54, 1.807) is 6.92 Å². The fourth-order valence-corrected chi connectivity index (χ4v) is 0.521. The van der Waals surface area contributed by atoms with Gasteiger partial charge in [-0.25, -0.2) is 0 Å². The molecule has 0 spiro atoms. The topological polar surface area (TPSA) is 26.3 Å². The summed E-state index contributed by atoms with van der Waals surface area (Å²) in [4.78, 5) is 10.5. The van der Waals surface area contributed by atoms with E-state index in [-0.39, 0.29) is 5.97 Å². The van der Waals surface area contributed by atoms with Crippen LogP contribution in [0.5, 0.6) is 0 Å². The zero-order valence-corrected chi connectivity index (χ0v) is 6.60. The van der Waals surface area contributed by atoms with Crippen molar-refractivity contribution in [3.8, 4) is 12.3 Å². The molecule has 0 fully saturated rings. The molecule has 0 aliphatic carbocycles. The van der Waals surface area contributed by atoms with Gasteiger partial charge in [0.25, 0.3) is 0 Å². The number of terminal acetylenes is 1. The normalized spacial score (nSPS) is 15.0. The van der Waals surface area contributed by atoms with Crippen LogP contribution in [-0.2, 0) is 9.53 Å². The fraction of sp³-hybridized carbons (Fsp3) is 0.625. The number of carbonyl (C=O) groups is 1. The van der Waals surface area contributed by atoms with Crippen LogP contribution in [0.1, 0.15) is 27.2 Å². The molecule has 0 radical (unpaired) electrons. The Hall–Kier alpha value is -0.970. The van der Waals surface area contributed by atoms with Crippen molar-refractivity contribution in [1.82, 2.24) is 0 Å². The molecule has 0 saturated heterocycles. The molecule has 0 aromatic heterocycles. The van der Waals surface area contributed by atoms with Gasteiger partial charge in [0.1, 0.15) is 0 Å². The second kappa shape index (κ2) is 3.26. The summed E-state index contributed by atoms with van der Waals surface area (Å²) in [6.45, 7) is 4.95. The van der Waals surface area contributed by atoms with E-state index in [1.807, 2.05) is 6.92 Å². The lowest BCUT2D eigenvalue weighted by atomic mass is 10.1. The molecule has 0 aliphatic rings. The molecule has 0 rings (SSSR count). The van der Waals surface area contributed by atoms with E-state index >= 15 is 0 Å². The van der Waals surface area contributed by atoms with Gasteiger partial charge in [-0.1, -0.05) is 12.8 Å². The molecule has 0 bridgehead atoms. The van der Waals surface area contributed by atoms with Crippen LogP contribution in [0, 0.1) is 12.3 Å². The molecule has 2 nitrogen and oxygen atoms in total. The average Bonchev–Trinajstić information content (AvgIpc) is 1.87. The van der Waals surface area contributed by atoms with Gasteiger partial charge in [-0.2, -0.15) is 0 Å². The van der Waals surface area contributed by atoms with E-state index in [0.29, 0.717) is 6.42 Å². The second-order valence-corrected chi connectivity index (χ2v) is 2.32. The van der Waals surface area contributed by atoms with Gasteiger partial charge in [0, 0.05) is 6.92 Å². The summed E-state index contributed by atoms with van der Waals surface area (Å²) in [6, 6.07) is 0. The van der Waals surface area contributed by atoms with Gasteiger partial charge in [0.15, 0.2) is 5.60 Å². The van der Waals surface area contributed by atoms with Gasteiger partial charge in [0.05, 0.1) is 0 Å². The molecular weight excluding hydrogens is 128 g/mol. The maximum Gasteiger partial charge on any atom is 0.304 e. The first kappa shape index (κ1) is 9.03. The van der Waals surface area contributed by atoms with Gasteiger partial charge in [-0.05, 0) is 13.3 Å². The Morgan fingerprint density at radius 1 is 1.80 bits per heavy atom. The van der Waals surface area contributed by atoms with E-state index in [4.69, 9.17) is 11.2 Å². The van der Waals surface area contributed by atoms with E-state index in [0.717, 1.165) is 0 Å². The van der Waals surface area contributed by atoms with Crippen LogP contribution >= 0.6 is 0 Å². The smallest absolute Gasteiger partial charge is 0.304 e. The standard InChI is InChI=1S/C8H12O2/c1-5-8(4,6-2)10-7(3)9/h1H,6H2,2-4H3/t8-/m0/s1. The first-order valence-electron chi connectivity index (χ1n) is 3.21. The van der Waals surface area contributed by atoms with Crippen molar-refractivity contribution < 1.29 is 9.53 Å². The van der Waals surface area contributed by atoms with Gasteiger partial charge in [-0.15, -0.1) is 6.42 Å². The summed E-state index contributed by atoms with van der Waals surface area (Å²) in [5, 5.41) is 0.